The highest BCUT2D eigenvalue weighted by molar-refractivity contribution is 6.08. The molecule has 35 heavy (non-hydrogen) atoms. The number of carbonyl (C=O) groups is 1. The Morgan fingerprint density at radius 3 is 1.91 bits per heavy atom. The van der Waals surface area contributed by atoms with Crippen LogP contribution >= 0.6 is 0 Å². The molecule has 192 valence electrons. The normalized spacial score (nSPS) is 14.2. The van der Waals surface area contributed by atoms with Crippen molar-refractivity contribution >= 4 is 11.9 Å². The van der Waals surface area contributed by atoms with Gasteiger partial charge in [0.1, 0.15) is 5.75 Å². The number of phenols is 1. The van der Waals surface area contributed by atoms with Crippen molar-refractivity contribution in [2.45, 2.75) is 117 Å². The predicted molar refractivity (Wildman–Crippen MR) is 152 cm³/mol. The number of rotatable bonds is 15. The highest BCUT2D eigenvalue weighted by Crippen LogP contribution is 2.35. The van der Waals surface area contributed by atoms with Gasteiger partial charge < -0.3 is 5.11 Å². The molecule has 0 fully saturated rings. The van der Waals surface area contributed by atoms with E-state index in [4.69, 9.17) is 0 Å². The van der Waals surface area contributed by atoms with Crippen molar-refractivity contribution in [3.8, 4) is 5.75 Å². The second-order valence-electron chi connectivity index (χ2n) is 10.0. The summed E-state index contributed by atoms with van der Waals surface area (Å²) in [6, 6.07) is 12.6. The van der Waals surface area contributed by atoms with Crippen LogP contribution < -0.4 is 0 Å². The van der Waals surface area contributed by atoms with Gasteiger partial charge in [0, 0.05) is 0 Å². The molecule has 0 heterocycles. The van der Waals surface area contributed by atoms with Gasteiger partial charge in [0.05, 0.1) is 5.56 Å². The van der Waals surface area contributed by atoms with Crippen molar-refractivity contribution in [3.05, 3.63) is 70.3 Å². The van der Waals surface area contributed by atoms with Gasteiger partial charge in [-0.25, -0.2) is 0 Å². The number of carbonyl (C=O) groups excluding carboxylic acids is 1. The monoisotopic (exact) mass is 476 g/mol. The van der Waals surface area contributed by atoms with E-state index in [1.54, 1.807) is 12.1 Å². The molecular weight excluding hydrogens is 428 g/mol. The quantitative estimate of drug-likeness (QED) is 0.205. The number of benzene rings is 2. The van der Waals surface area contributed by atoms with Crippen LogP contribution in [0.2, 0.25) is 0 Å². The minimum atomic E-state index is -0.129. The number of hydrogen-bond donors (Lipinski definition) is 1. The van der Waals surface area contributed by atoms with Gasteiger partial charge in [0.15, 0.2) is 5.78 Å². The number of phenolic OH excluding ortho intramolecular Hbond substituents is 1. The molecule has 0 aliphatic rings. The van der Waals surface area contributed by atoms with Crippen LogP contribution in [-0.2, 0) is 0 Å². The lowest BCUT2D eigenvalue weighted by Gasteiger charge is -2.21. The number of allylic oxidation sites excluding steroid dienone is 1. The summed E-state index contributed by atoms with van der Waals surface area (Å²) in [6.07, 6.45) is 13.5. The Hall–Kier alpha value is -2.35. The van der Waals surface area contributed by atoms with Crippen molar-refractivity contribution in [2.24, 2.45) is 0 Å². The number of hydrogen-bond acceptors (Lipinski definition) is 2. The largest absolute Gasteiger partial charge is 0.507 e. The van der Waals surface area contributed by atoms with Gasteiger partial charge in [-0.3, -0.25) is 4.79 Å². The van der Waals surface area contributed by atoms with Crippen LogP contribution in [0.25, 0.3) is 6.08 Å². The predicted octanol–water partition coefficient (Wildman–Crippen LogP) is 10.2. The van der Waals surface area contributed by atoms with Crippen molar-refractivity contribution in [1.82, 2.24) is 0 Å². The molecule has 0 saturated carbocycles. The molecule has 0 aliphatic carbocycles. The molecule has 0 aromatic heterocycles. The maximum Gasteiger partial charge on any atom is 0.189 e. The smallest absolute Gasteiger partial charge is 0.189 e. The first kappa shape index (κ1) is 28.9. The molecule has 0 bridgehead atoms. The minimum Gasteiger partial charge on any atom is -0.507 e. The summed E-state index contributed by atoms with van der Waals surface area (Å²) in [5.74, 6) is 1.35. The summed E-state index contributed by atoms with van der Waals surface area (Å²) in [7, 11) is 0. The Bertz CT molecular complexity index is 956. The van der Waals surface area contributed by atoms with Crippen LogP contribution in [0, 0.1) is 0 Å². The molecule has 2 aromatic rings. The van der Waals surface area contributed by atoms with E-state index in [1.807, 2.05) is 18.2 Å². The average molecular weight is 477 g/mol. The molecule has 2 aromatic carbocycles. The molecular formula is C33H48O2. The highest BCUT2D eigenvalue weighted by Gasteiger charge is 2.19. The first-order valence-electron chi connectivity index (χ1n) is 14.1. The molecule has 0 saturated heterocycles. The number of para-hydroxylation sites is 1. The van der Waals surface area contributed by atoms with Crippen LogP contribution in [0.15, 0.2) is 42.5 Å². The third kappa shape index (κ3) is 7.56. The van der Waals surface area contributed by atoms with Crippen molar-refractivity contribution in [1.29, 1.82) is 0 Å². The summed E-state index contributed by atoms with van der Waals surface area (Å²) in [4.78, 5) is 13.3. The molecule has 0 amide bonds. The summed E-state index contributed by atoms with van der Waals surface area (Å²) < 4.78 is 0. The SMILES string of the molecule is CCCC(CC)c1ccc(C(CC)CCC)c(/C=C/C(=O)c2cccc(C(CC)CCC)c2O)c1. The molecule has 0 spiro atoms. The van der Waals surface area contributed by atoms with Gasteiger partial charge in [-0.1, -0.05) is 97.2 Å². The third-order valence-electron chi connectivity index (χ3n) is 7.60. The zero-order valence-electron chi connectivity index (χ0n) is 23.1. The van der Waals surface area contributed by atoms with E-state index in [-0.39, 0.29) is 17.5 Å². The fourth-order valence-electron chi connectivity index (χ4n) is 5.52. The Kier molecular flexibility index (Phi) is 12.3. The van der Waals surface area contributed by atoms with E-state index >= 15 is 0 Å². The van der Waals surface area contributed by atoms with Gasteiger partial charge in [-0.2, -0.15) is 0 Å². The second kappa shape index (κ2) is 14.9. The molecule has 0 aliphatic heterocycles. The molecule has 3 unspecified atom stereocenters. The van der Waals surface area contributed by atoms with Crippen LogP contribution in [0.1, 0.15) is 150 Å². The second-order valence-corrected chi connectivity index (χ2v) is 10.0. The summed E-state index contributed by atoms with van der Waals surface area (Å²) in [6.45, 7) is 13.3. The van der Waals surface area contributed by atoms with E-state index in [1.165, 1.54) is 24.0 Å². The molecule has 2 nitrogen and oxygen atoms in total. The van der Waals surface area contributed by atoms with E-state index < -0.39 is 0 Å². The summed E-state index contributed by atoms with van der Waals surface area (Å²) in [5, 5.41) is 11.0. The van der Waals surface area contributed by atoms with Gasteiger partial charge in [-0.15, -0.1) is 0 Å². The summed E-state index contributed by atoms with van der Waals surface area (Å²) >= 11 is 0. The lowest BCUT2D eigenvalue weighted by atomic mass is 9.84. The Morgan fingerprint density at radius 1 is 0.771 bits per heavy atom. The molecule has 3 atom stereocenters. The highest BCUT2D eigenvalue weighted by atomic mass is 16.3. The topological polar surface area (TPSA) is 37.3 Å². The average Bonchev–Trinajstić information content (AvgIpc) is 2.88. The van der Waals surface area contributed by atoms with Gasteiger partial charge in [0.25, 0.3) is 0 Å². The van der Waals surface area contributed by atoms with Crippen LogP contribution in [0.4, 0.5) is 0 Å². The maximum absolute atomic E-state index is 13.3. The lowest BCUT2D eigenvalue weighted by Crippen LogP contribution is -2.04. The fraction of sp³-hybridized carbons (Fsp3) is 0.545. The fourth-order valence-corrected chi connectivity index (χ4v) is 5.52. The number of aromatic hydroxyl groups is 1. The van der Waals surface area contributed by atoms with E-state index in [9.17, 15) is 9.90 Å². The number of ketones is 1. The summed E-state index contributed by atoms with van der Waals surface area (Å²) in [5.41, 5.74) is 5.16. The van der Waals surface area contributed by atoms with Crippen molar-refractivity contribution < 1.29 is 9.90 Å². The Labute approximate surface area is 214 Å². The molecule has 2 rings (SSSR count). The van der Waals surface area contributed by atoms with Gasteiger partial charge in [0.2, 0.25) is 0 Å². The first-order valence-corrected chi connectivity index (χ1v) is 14.1. The van der Waals surface area contributed by atoms with Crippen molar-refractivity contribution in [2.75, 3.05) is 0 Å². The minimum absolute atomic E-state index is 0.129. The van der Waals surface area contributed by atoms with Crippen LogP contribution in [0.5, 0.6) is 5.75 Å². The van der Waals surface area contributed by atoms with E-state index in [0.29, 0.717) is 17.4 Å². The van der Waals surface area contributed by atoms with Crippen molar-refractivity contribution in [3.63, 3.8) is 0 Å². The molecule has 1 N–H and O–H groups in total. The maximum atomic E-state index is 13.3. The zero-order valence-corrected chi connectivity index (χ0v) is 23.1. The van der Waals surface area contributed by atoms with Crippen LogP contribution in [-0.4, -0.2) is 10.9 Å². The molecule has 0 radical (unpaired) electrons. The zero-order chi connectivity index (χ0) is 25.8. The Morgan fingerprint density at radius 2 is 1.34 bits per heavy atom. The first-order chi connectivity index (χ1) is 16.9. The van der Waals surface area contributed by atoms with Gasteiger partial charge in [-0.05, 0) is 90.7 Å². The van der Waals surface area contributed by atoms with E-state index in [2.05, 4.69) is 59.7 Å². The van der Waals surface area contributed by atoms with Crippen LogP contribution in [0.3, 0.4) is 0 Å². The standard InChI is InChI=1S/C33H48O2/c1-7-14-24(10-4)27-19-21-29(25(11-5)15-8-2)28(23-27)20-22-32(34)31-18-13-17-30(33(31)35)26(12-6)16-9-3/h13,17-26,35H,7-12,14-16H2,1-6H3/b22-20+. The molecule has 2 heteroatoms. The Balaban J connectivity index is 2.47. The van der Waals surface area contributed by atoms with E-state index in [0.717, 1.165) is 56.1 Å². The lowest BCUT2D eigenvalue weighted by molar-refractivity contribution is 0.104. The van der Waals surface area contributed by atoms with Gasteiger partial charge >= 0.3 is 0 Å². The third-order valence-corrected chi connectivity index (χ3v) is 7.60.